The lowest BCUT2D eigenvalue weighted by atomic mass is 9.99. The summed E-state index contributed by atoms with van der Waals surface area (Å²) in [5.74, 6) is 0.695. The zero-order valence-corrected chi connectivity index (χ0v) is 15.3. The van der Waals surface area contributed by atoms with Gasteiger partial charge in [-0.05, 0) is 17.4 Å². The fourth-order valence-electron chi connectivity index (χ4n) is 1.90. The van der Waals surface area contributed by atoms with Crippen LogP contribution in [0.25, 0.3) is 0 Å². The van der Waals surface area contributed by atoms with Crippen molar-refractivity contribution in [3.05, 3.63) is 0 Å². The third-order valence-electron chi connectivity index (χ3n) is 3.80. The van der Waals surface area contributed by atoms with Gasteiger partial charge in [-0.2, -0.15) is 12.6 Å². The van der Waals surface area contributed by atoms with Gasteiger partial charge in [0.25, 0.3) is 0 Å². The zero-order chi connectivity index (χ0) is 13.0. The molecule has 16 heavy (non-hydrogen) atoms. The summed E-state index contributed by atoms with van der Waals surface area (Å²) >= 11 is 4.94. The van der Waals surface area contributed by atoms with Gasteiger partial charge in [-0.3, -0.25) is 0 Å². The van der Waals surface area contributed by atoms with Crippen LogP contribution in [0.2, 0.25) is 5.04 Å². The predicted molar refractivity (Wildman–Crippen MR) is 80.6 cm³/mol. The molecule has 0 bridgehead atoms. The Hall–Kier alpha value is 0.704. The molecular formula is C11H28O2SSi2. The number of rotatable bonds is 7. The van der Waals surface area contributed by atoms with Crippen LogP contribution in [-0.4, -0.2) is 37.0 Å². The minimum absolute atomic E-state index is 0.0528. The van der Waals surface area contributed by atoms with Crippen LogP contribution >= 0.6 is 12.6 Å². The van der Waals surface area contributed by atoms with Gasteiger partial charge in [0.2, 0.25) is 0 Å². The fraction of sp³-hybridized carbons (Fsp3) is 1.00. The summed E-state index contributed by atoms with van der Waals surface area (Å²) in [5.41, 5.74) is 0. The Kier molecular flexibility index (Phi) is 6.88. The Morgan fingerprint density at radius 1 is 1.25 bits per heavy atom. The van der Waals surface area contributed by atoms with Gasteiger partial charge in [-0.15, -0.1) is 0 Å². The maximum Gasteiger partial charge on any atom is 0.333 e. The van der Waals surface area contributed by atoms with Gasteiger partial charge in [0.15, 0.2) is 0 Å². The Morgan fingerprint density at radius 2 is 1.69 bits per heavy atom. The van der Waals surface area contributed by atoms with Crippen molar-refractivity contribution >= 4 is 31.4 Å². The second-order valence-electron chi connectivity index (χ2n) is 5.58. The molecule has 0 aliphatic carbocycles. The maximum atomic E-state index is 5.56. The Balaban J connectivity index is 4.84. The highest BCUT2D eigenvalue weighted by Gasteiger charge is 2.43. The van der Waals surface area contributed by atoms with Crippen molar-refractivity contribution in [2.24, 2.45) is 5.92 Å². The molecule has 0 rings (SSSR count). The van der Waals surface area contributed by atoms with Crippen LogP contribution in [0, 0.1) is 5.92 Å². The van der Waals surface area contributed by atoms with Crippen LogP contribution in [-0.2, 0) is 8.85 Å². The van der Waals surface area contributed by atoms with Gasteiger partial charge in [-0.25, -0.2) is 0 Å². The normalized spacial score (nSPS) is 17.6. The molecule has 0 radical (unpaired) electrons. The smallest absolute Gasteiger partial charge is 0.333 e. The molecule has 0 aromatic heterocycles. The van der Waals surface area contributed by atoms with Crippen molar-refractivity contribution in [1.29, 1.82) is 0 Å². The quantitative estimate of drug-likeness (QED) is 0.569. The molecule has 0 aliphatic rings. The van der Waals surface area contributed by atoms with Crippen molar-refractivity contribution in [1.82, 2.24) is 0 Å². The van der Waals surface area contributed by atoms with Gasteiger partial charge >= 0.3 is 9.28 Å². The van der Waals surface area contributed by atoms with Crippen molar-refractivity contribution in [3.8, 4) is 0 Å². The van der Waals surface area contributed by atoms with E-state index in [4.69, 9.17) is 21.5 Å². The average Bonchev–Trinajstić information content (AvgIpc) is 2.18. The molecule has 0 amide bonds. The van der Waals surface area contributed by atoms with Gasteiger partial charge < -0.3 is 8.85 Å². The number of hydrogen-bond donors (Lipinski definition) is 1. The van der Waals surface area contributed by atoms with E-state index in [0.717, 1.165) is 6.42 Å². The third kappa shape index (κ3) is 4.18. The largest absolute Gasteiger partial charge is 0.399 e. The minimum atomic E-state index is -1.64. The molecule has 98 valence electrons. The lowest BCUT2D eigenvalue weighted by Crippen LogP contribution is -2.52. The summed E-state index contributed by atoms with van der Waals surface area (Å²) in [5, 5.41) is 0.403. The number of hydrogen-bond acceptors (Lipinski definition) is 3. The molecule has 5 heteroatoms. The first-order valence-electron chi connectivity index (χ1n) is 6.01. The Morgan fingerprint density at radius 3 is 1.94 bits per heavy atom. The van der Waals surface area contributed by atoms with E-state index in [0.29, 0.717) is 11.0 Å². The second-order valence-corrected chi connectivity index (χ2v) is 14.5. The van der Waals surface area contributed by atoms with E-state index in [1.165, 1.54) is 0 Å². The number of thiol groups is 1. The SMILES string of the molecule is CC[C@](S)([SiH2]C(C)(C)C(C)C)[SiH](OC)OC. The lowest BCUT2D eigenvalue weighted by molar-refractivity contribution is 0.269. The lowest BCUT2D eigenvalue weighted by Gasteiger charge is -2.40. The monoisotopic (exact) mass is 280 g/mol. The third-order valence-corrected chi connectivity index (χ3v) is 11.8. The van der Waals surface area contributed by atoms with E-state index < -0.39 is 9.28 Å². The standard InChI is InChI=1S/C11H28O2SSi2/c1-8-11(14,16(12-6)13-7)15-10(4,5)9(2)3/h9,14,16H,8,15H2,1-7H3/t11-/m0/s1. The molecular weight excluding hydrogens is 252 g/mol. The molecule has 0 saturated carbocycles. The first kappa shape index (κ1) is 16.7. The first-order valence-corrected chi connectivity index (χ1v) is 9.39. The predicted octanol–water partition coefficient (Wildman–Crippen LogP) is 2.10. The van der Waals surface area contributed by atoms with E-state index in [2.05, 4.69) is 34.6 Å². The van der Waals surface area contributed by atoms with Crippen LogP contribution in [0.1, 0.15) is 41.0 Å². The summed E-state index contributed by atoms with van der Waals surface area (Å²) in [7, 11) is 1.50. The molecule has 0 aromatic carbocycles. The Bertz CT molecular complexity index is 208. The topological polar surface area (TPSA) is 18.5 Å². The van der Waals surface area contributed by atoms with E-state index in [1.807, 2.05) is 0 Å². The molecule has 2 nitrogen and oxygen atoms in total. The molecule has 0 aromatic rings. The first-order chi connectivity index (χ1) is 7.23. The molecule has 0 saturated heterocycles. The summed E-state index contributed by atoms with van der Waals surface area (Å²) in [6.07, 6.45) is 1.05. The van der Waals surface area contributed by atoms with E-state index in [9.17, 15) is 0 Å². The van der Waals surface area contributed by atoms with Gasteiger partial charge in [0, 0.05) is 27.7 Å². The van der Waals surface area contributed by atoms with Crippen LogP contribution < -0.4 is 0 Å². The van der Waals surface area contributed by atoms with Gasteiger partial charge in [-0.1, -0.05) is 34.6 Å². The van der Waals surface area contributed by atoms with Gasteiger partial charge in [0.1, 0.15) is 0 Å². The zero-order valence-electron chi connectivity index (χ0n) is 11.8. The second kappa shape index (κ2) is 6.59. The molecule has 0 spiro atoms. The summed E-state index contributed by atoms with van der Waals surface area (Å²) in [6.45, 7) is 11.5. The molecule has 0 fully saturated rings. The van der Waals surface area contributed by atoms with Crippen molar-refractivity contribution in [2.75, 3.05) is 14.2 Å². The van der Waals surface area contributed by atoms with Crippen LogP contribution in [0.3, 0.4) is 0 Å². The average molecular weight is 281 g/mol. The van der Waals surface area contributed by atoms with Crippen LogP contribution in [0.4, 0.5) is 0 Å². The Labute approximate surface area is 111 Å². The van der Waals surface area contributed by atoms with Crippen LogP contribution in [0.15, 0.2) is 0 Å². The molecule has 0 heterocycles. The summed E-state index contributed by atoms with van der Waals surface area (Å²) in [4.78, 5) is 0. The molecule has 0 N–H and O–H groups in total. The van der Waals surface area contributed by atoms with Crippen molar-refractivity contribution in [2.45, 2.75) is 50.1 Å². The highest BCUT2D eigenvalue weighted by atomic mass is 32.1. The highest BCUT2D eigenvalue weighted by Crippen LogP contribution is 2.39. The van der Waals surface area contributed by atoms with E-state index in [1.54, 1.807) is 14.2 Å². The molecule has 0 aliphatic heterocycles. The maximum absolute atomic E-state index is 5.56. The van der Waals surface area contributed by atoms with Crippen molar-refractivity contribution < 1.29 is 8.85 Å². The summed E-state index contributed by atoms with van der Waals surface area (Å²) in [6, 6.07) is 0. The van der Waals surface area contributed by atoms with Gasteiger partial charge in [0.05, 0.1) is 0 Å². The van der Waals surface area contributed by atoms with E-state index >= 15 is 0 Å². The molecule has 0 unspecified atom stereocenters. The van der Waals surface area contributed by atoms with E-state index in [-0.39, 0.29) is 13.5 Å². The van der Waals surface area contributed by atoms with Crippen molar-refractivity contribution in [3.63, 3.8) is 0 Å². The highest BCUT2D eigenvalue weighted by molar-refractivity contribution is 7.85. The minimum Gasteiger partial charge on any atom is -0.399 e. The molecule has 1 atom stereocenters. The fourth-order valence-corrected chi connectivity index (χ4v) is 10.6. The van der Waals surface area contributed by atoms with Crippen LogP contribution in [0.5, 0.6) is 0 Å². The summed E-state index contributed by atoms with van der Waals surface area (Å²) < 4.78 is 11.2.